The Morgan fingerprint density at radius 1 is 1.16 bits per heavy atom. The minimum atomic E-state index is 0.253. The summed E-state index contributed by atoms with van der Waals surface area (Å²) in [6.07, 6.45) is 1.54. The van der Waals surface area contributed by atoms with E-state index in [1.807, 2.05) is 18.5 Å². The highest BCUT2D eigenvalue weighted by atomic mass is 35.5. The Balaban J connectivity index is 2.15. The first-order valence-corrected chi connectivity index (χ1v) is 6.89. The van der Waals surface area contributed by atoms with Crippen LogP contribution < -0.4 is 5.32 Å². The lowest BCUT2D eigenvalue weighted by molar-refractivity contribution is 0.509. The van der Waals surface area contributed by atoms with E-state index in [9.17, 15) is 0 Å². The molecule has 0 fully saturated rings. The van der Waals surface area contributed by atoms with Gasteiger partial charge in [0.1, 0.15) is 12.2 Å². The van der Waals surface area contributed by atoms with Crippen LogP contribution in [0.25, 0.3) is 0 Å². The molecular formula is C12H13Cl3N4. The maximum Gasteiger partial charge on any atom is 0.146 e. The minimum Gasteiger partial charge on any atom is -0.377 e. The van der Waals surface area contributed by atoms with Gasteiger partial charge < -0.3 is 5.32 Å². The van der Waals surface area contributed by atoms with Gasteiger partial charge in [-0.25, -0.2) is 9.67 Å². The predicted octanol–water partition coefficient (Wildman–Crippen LogP) is 4.43. The highest BCUT2D eigenvalue weighted by Gasteiger charge is 2.09. The van der Waals surface area contributed by atoms with Crippen LogP contribution in [-0.4, -0.2) is 14.8 Å². The molecule has 2 aromatic rings. The summed E-state index contributed by atoms with van der Waals surface area (Å²) in [5, 5.41) is 8.76. The van der Waals surface area contributed by atoms with Crippen LogP contribution in [0.5, 0.6) is 0 Å². The standard InChI is InChI=1S/C12H13Cl3N4/c1-7(2)19-12(17-6-18-19)5-16-11-4-9(14)8(13)3-10(11)15/h3-4,6-7,16H,5H2,1-2H3. The molecule has 0 aliphatic rings. The Labute approximate surface area is 126 Å². The molecule has 4 nitrogen and oxygen atoms in total. The lowest BCUT2D eigenvalue weighted by Crippen LogP contribution is -2.12. The van der Waals surface area contributed by atoms with E-state index in [4.69, 9.17) is 34.8 Å². The molecule has 0 atom stereocenters. The molecule has 102 valence electrons. The average Bonchev–Trinajstić information content (AvgIpc) is 2.80. The van der Waals surface area contributed by atoms with Gasteiger partial charge >= 0.3 is 0 Å². The van der Waals surface area contributed by atoms with Gasteiger partial charge in [-0.1, -0.05) is 34.8 Å². The first-order chi connectivity index (χ1) is 8.99. The van der Waals surface area contributed by atoms with Gasteiger partial charge in [-0.15, -0.1) is 0 Å². The maximum absolute atomic E-state index is 6.10. The van der Waals surface area contributed by atoms with Gasteiger partial charge in [-0.05, 0) is 26.0 Å². The number of halogens is 3. The van der Waals surface area contributed by atoms with Crippen molar-refractivity contribution in [3.05, 3.63) is 39.4 Å². The van der Waals surface area contributed by atoms with Gasteiger partial charge in [-0.3, -0.25) is 0 Å². The van der Waals surface area contributed by atoms with Crippen LogP contribution in [0.4, 0.5) is 5.69 Å². The zero-order valence-electron chi connectivity index (χ0n) is 10.5. The molecule has 0 aliphatic heterocycles. The first kappa shape index (κ1) is 14.4. The number of anilines is 1. The monoisotopic (exact) mass is 318 g/mol. The van der Waals surface area contributed by atoms with Gasteiger partial charge in [-0.2, -0.15) is 5.10 Å². The SMILES string of the molecule is CC(C)n1ncnc1CNc1cc(Cl)c(Cl)cc1Cl. The van der Waals surface area contributed by atoms with Crippen LogP contribution >= 0.6 is 34.8 Å². The van der Waals surface area contributed by atoms with Crippen molar-refractivity contribution in [3.63, 3.8) is 0 Å². The lowest BCUT2D eigenvalue weighted by atomic mass is 10.3. The zero-order valence-corrected chi connectivity index (χ0v) is 12.8. The first-order valence-electron chi connectivity index (χ1n) is 5.76. The van der Waals surface area contributed by atoms with Crippen LogP contribution in [0.15, 0.2) is 18.5 Å². The number of benzene rings is 1. The van der Waals surface area contributed by atoms with Crippen molar-refractivity contribution in [2.24, 2.45) is 0 Å². The van der Waals surface area contributed by atoms with E-state index in [1.54, 1.807) is 12.1 Å². The summed E-state index contributed by atoms with van der Waals surface area (Å²) in [5.41, 5.74) is 0.717. The van der Waals surface area contributed by atoms with E-state index in [2.05, 4.69) is 15.4 Å². The summed E-state index contributed by atoms with van der Waals surface area (Å²) >= 11 is 17.9. The Hall–Kier alpha value is -0.970. The van der Waals surface area contributed by atoms with E-state index >= 15 is 0 Å². The summed E-state index contributed by atoms with van der Waals surface area (Å²) in [6, 6.07) is 3.56. The van der Waals surface area contributed by atoms with Crippen molar-refractivity contribution in [1.82, 2.24) is 14.8 Å². The molecule has 1 N–H and O–H groups in total. The molecule has 7 heteroatoms. The second kappa shape index (κ2) is 5.99. The molecule has 0 aliphatic carbocycles. The van der Waals surface area contributed by atoms with Crippen molar-refractivity contribution in [2.75, 3.05) is 5.32 Å². The third-order valence-corrected chi connectivity index (χ3v) is 3.62. The summed E-state index contributed by atoms with van der Waals surface area (Å²) < 4.78 is 1.85. The molecule has 0 radical (unpaired) electrons. The zero-order chi connectivity index (χ0) is 14.0. The fourth-order valence-electron chi connectivity index (χ4n) is 1.66. The van der Waals surface area contributed by atoms with Crippen LogP contribution in [0, 0.1) is 0 Å². The molecule has 0 saturated carbocycles. The molecule has 1 aromatic carbocycles. The quantitative estimate of drug-likeness (QED) is 0.848. The number of nitrogens with zero attached hydrogens (tertiary/aromatic N) is 3. The second-order valence-electron chi connectivity index (χ2n) is 4.31. The van der Waals surface area contributed by atoms with E-state index in [1.165, 1.54) is 6.33 Å². The van der Waals surface area contributed by atoms with Gasteiger partial charge in [0.05, 0.1) is 27.3 Å². The number of rotatable bonds is 4. The van der Waals surface area contributed by atoms with E-state index in [0.717, 1.165) is 11.5 Å². The second-order valence-corrected chi connectivity index (χ2v) is 5.54. The van der Waals surface area contributed by atoms with Crippen molar-refractivity contribution < 1.29 is 0 Å². The number of hydrogen-bond donors (Lipinski definition) is 1. The van der Waals surface area contributed by atoms with Crippen LogP contribution in [-0.2, 0) is 6.54 Å². The third kappa shape index (κ3) is 3.32. The highest BCUT2D eigenvalue weighted by molar-refractivity contribution is 6.44. The molecule has 0 bridgehead atoms. The molecule has 0 saturated heterocycles. The summed E-state index contributed by atoms with van der Waals surface area (Å²) in [4.78, 5) is 4.21. The number of hydrogen-bond acceptors (Lipinski definition) is 3. The molecule has 0 amide bonds. The van der Waals surface area contributed by atoms with E-state index < -0.39 is 0 Å². The normalized spacial score (nSPS) is 11.1. The molecule has 0 spiro atoms. The molecule has 19 heavy (non-hydrogen) atoms. The topological polar surface area (TPSA) is 42.7 Å². The maximum atomic E-state index is 6.10. The smallest absolute Gasteiger partial charge is 0.146 e. The van der Waals surface area contributed by atoms with E-state index in [-0.39, 0.29) is 6.04 Å². The lowest BCUT2D eigenvalue weighted by Gasteiger charge is -2.12. The Morgan fingerprint density at radius 2 is 1.84 bits per heavy atom. The van der Waals surface area contributed by atoms with Crippen molar-refractivity contribution in [3.8, 4) is 0 Å². The van der Waals surface area contributed by atoms with Crippen molar-refractivity contribution >= 4 is 40.5 Å². The molecule has 1 aromatic heterocycles. The summed E-state index contributed by atoms with van der Waals surface area (Å²) in [6.45, 7) is 4.60. The van der Waals surface area contributed by atoms with Crippen LogP contribution in [0.1, 0.15) is 25.7 Å². The van der Waals surface area contributed by atoms with Crippen molar-refractivity contribution in [1.29, 1.82) is 0 Å². The summed E-state index contributed by atoms with van der Waals surface area (Å²) in [5.74, 6) is 0.831. The van der Waals surface area contributed by atoms with Crippen molar-refractivity contribution in [2.45, 2.75) is 26.4 Å². The summed E-state index contributed by atoms with van der Waals surface area (Å²) in [7, 11) is 0. The molecule has 0 unspecified atom stereocenters. The minimum absolute atomic E-state index is 0.253. The average molecular weight is 320 g/mol. The predicted molar refractivity (Wildman–Crippen MR) is 79.2 cm³/mol. The fourth-order valence-corrected chi connectivity index (χ4v) is 2.28. The van der Waals surface area contributed by atoms with Crippen LogP contribution in [0.2, 0.25) is 15.1 Å². The number of nitrogens with one attached hydrogen (secondary N) is 1. The third-order valence-electron chi connectivity index (χ3n) is 2.58. The van der Waals surface area contributed by atoms with Crippen LogP contribution in [0.3, 0.4) is 0 Å². The van der Waals surface area contributed by atoms with E-state index in [0.29, 0.717) is 21.6 Å². The van der Waals surface area contributed by atoms with Gasteiger partial charge in [0.15, 0.2) is 0 Å². The molecule has 1 heterocycles. The number of aromatic nitrogens is 3. The largest absolute Gasteiger partial charge is 0.377 e. The van der Waals surface area contributed by atoms with Gasteiger partial charge in [0.25, 0.3) is 0 Å². The Bertz CT molecular complexity index is 580. The Morgan fingerprint density at radius 3 is 2.53 bits per heavy atom. The molecular weight excluding hydrogens is 307 g/mol. The fraction of sp³-hybridized carbons (Fsp3) is 0.333. The molecule has 2 rings (SSSR count). The van der Waals surface area contributed by atoms with Gasteiger partial charge in [0, 0.05) is 6.04 Å². The van der Waals surface area contributed by atoms with Gasteiger partial charge in [0.2, 0.25) is 0 Å². The Kier molecular flexibility index (Phi) is 4.55. The highest BCUT2D eigenvalue weighted by Crippen LogP contribution is 2.32.